The van der Waals surface area contributed by atoms with Crippen LogP contribution in [-0.4, -0.2) is 24.5 Å². The number of rotatable bonds is 7. The van der Waals surface area contributed by atoms with Crippen molar-refractivity contribution in [3.63, 3.8) is 0 Å². The molecule has 3 aromatic rings. The fraction of sp³-hybridized carbons (Fsp3) is 0.238. The van der Waals surface area contributed by atoms with E-state index in [9.17, 15) is 4.79 Å². The number of benzene rings is 2. The average Bonchev–Trinajstić information content (AvgIpc) is 3.03. The van der Waals surface area contributed by atoms with E-state index < -0.39 is 0 Å². The molecule has 0 unspecified atom stereocenters. The number of aryl methyl sites for hydroxylation is 1. The summed E-state index contributed by atoms with van der Waals surface area (Å²) in [5, 5.41) is 3.88. The van der Waals surface area contributed by atoms with Gasteiger partial charge in [-0.05, 0) is 31.0 Å². The molecule has 4 nitrogen and oxygen atoms in total. The van der Waals surface area contributed by atoms with Crippen LogP contribution in [0.2, 0.25) is 0 Å². The molecule has 0 aliphatic carbocycles. The quantitative estimate of drug-likeness (QED) is 0.687. The number of carbonyl (C=O) groups excluding carboxylic acids is 1. The molecule has 0 aliphatic rings. The van der Waals surface area contributed by atoms with Crippen LogP contribution < -0.4 is 10.1 Å². The van der Waals surface area contributed by atoms with E-state index in [4.69, 9.17) is 4.74 Å². The van der Waals surface area contributed by atoms with Crippen LogP contribution in [0.5, 0.6) is 5.75 Å². The maximum atomic E-state index is 12.3. The molecule has 134 valence electrons. The minimum atomic E-state index is 0.0271. The van der Waals surface area contributed by atoms with Gasteiger partial charge in [0, 0.05) is 11.4 Å². The number of aromatic nitrogens is 1. The standard InChI is InChI=1S/C21H22N2O2S/c1-15-19(14-20(24)22-13-12-16-8-4-3-5-9-16)26-21(23-15)17-10-6-7-11-18(17)25-2/h3-11H,12-14H2,1-2H3,(H,22,24). The number of thiazole rings is 1. The monoisotopic (exact) mass is 366 g/mol. The summed E-state index contributed by atoms with van der Waals surface area (Å²) >= 11 is 1.55. The van der Waals surface area contributed by atoms with Gasteiger partial charge in [-0.15, -0.1) is 11.3 Å². The highest BCUT2D eigenvalue weighted by molar-refractivity contribution is 7.15. The Morgan fingerprint density at radius 3 is 2.62 bits per heavy atom. The number of para-hydroxylation sites is 1. The van der Waals surface area contributed by atoms with E-state index in [1.807, 2.05) is 49.4 Å². The predicted molar refractivity (Wildman–Crippen MR) is 106 cm³/mol. The largest absolute Gasteiger partial charge is 0.496 e. The molecule has 0 spiro atoms. The number of hydrogen-bond acceptors (Lipinski definition) is 4. The summed E-state index contributed by atoms with van der Waals surface area (Å²) in [6.45, 7) is 2.59. The Balaban J connectivity index is 1.61. The lowest BCUT2D eigenvalue weighted by Crippen LogP contribution is -2.27. The Morgan fingerprint density at radius 2 is 1.85 bits per heavy atom. The first-order chi connectivity index (χ1) is 12.7. The fourth-order valence-electron chi connectivity index (χ4n) is 2.73. The van der Waals surface area contributed by atoms with Gasteiger partial charge in [0.1, 0.15) is 10.8 Å². The second-order valence-corrected chi connectivity index (χ2v) is 7.07. The van der Waals surface area contributed by atoms with Crippen molar-refractivity contribution < 1.29 is 9.53 Å². The fourth-order valence-corrected chi connectivity index (χ4v) is 3.82. The Labute approximate surface area is 157 Å². The maximum Gasteiger partial charge on any atom is 0.225 e. The lowest BCUT2D eigenvalue weighted by Gasteiger charge is -2.05. The molecule has 0 aliphatic heterocycles. The minimum absolute atomic E-state index is 0.0271. The molecule has 0 saturated heterocycles. The van der Waals surface area contributed by atoms with Crippen molar-refractivity contribution in [1.82, 2.24) is 10.3 Å². The van der Waals surface area contributed by atoms with E-state index in [1.165, 1.54) is 5.56 Å². The SMILES string of the molecule is COc1ccccc1-c1nc(C)c(CC(=O)NCCc2ccccc2)s1. The van der Waals surface area contributed by atoms with Crippen LogP contribution in [0, 0.1) is 6.92 Å². The molecule has 5 heteroatoms. The van der Waals surface area contributed by atoms with E-state index in [-0.39, 0.29) is 5.91 Å². The first-order valence-corrected chi connectivity index (χ1v) is 9.39. The highest BCUT2D eigenvalue weighted by atomic mass is 32.1. The minimum Gasteiger partial charge on any atom is -0.496 e. The Hall–Kier alpha value is -2.66. The molecule has 0 radical (unpaired) electrons. The van der Waals surface area contributed by atoms with Gasteiger partial charge in [-0.2, -0.15) is 0 Å². The zero-order chi connectivity index (χ0) is 18.4. The molecule has 0 saturated carbocycles. The third kappa shape index (κ3) is 4.49. The number of amides is 1. The number of methoxy groups -OCH3 is 1. The second-order valence-electron chi connectivity index (χ2n) is 5.99. The molecular formula is C21H22N2O2S. The van der Waals surface area contributed by atoms with E-state index >= 15 is 0 Å². The summed E-state index contributed by atoms with van der Waals surface area (Å²) in [5.41, 5.74) is 3.08. The van der Waals surface area contributed by atoms with Gasteiger partial charge in [0.25, 0.3) is 0 Å². The van der Waals surface area contributed by atoms with Gasteiger partial charge in [0.05, 0.1) is 24.8 Å². The van der Waals surface area contributed by atoms with Crippen LogP contribution in [-0.2, 0) is 17.6 Å². The number of ether oxygens (including phenoxy) is 1. The summed E-state index contributed by atoms with van der Waals surface area (Å²) in [7, 11) is 1.65. The summed E-state index contributed by atoms with van der Waals surface area (Å²) < 4.78 is 5.41. The summed E-state index contributed by atoms with van der Waals surface area (Å²) in [6.07, 6.45) is 1.19. The lowest BCUT2D eigenvalue weighted by atomic mass is 10.1. The zero-order valence-electron chi connectivity index (χ0n) is 15.0. The molecule has 1 heterocycles. The highest BCUT2D eigenvalue weighted by Gasteiger charge is 2.15. The number of hydrogen-bond donors (Lipinski definition) is 1. The molecule has 1 amide bonds. The summed E-state index contributed by atoms with van der Waals surface area (Å²) in [4.78, 5) is 17.9. The molecule has 2 aromatic carbocycles. The van der Waals surface area contributed by atoms with Crippen molar-refractivity contribution >= 4 is 17.2 Å². The Morgan fingerprint density at radius 1 is 1.12 bits per heavy atom. The predicted octanol–water partition coefficient (Wildman–Crippen LogP) is 4.03. The van der Waals surface area contributed by atoms with Crippen LogP contribution in [0.3, 0.4) is 0 Å². The third-order valence-electron chi connectivity index (χ3n) is 4.13. The molecule has 1 aromatic heterocycles. The maximum absolute atomic E-state index is 12.3. The topological polar surface area (TPSA) is 51.2 Å². The van der Waals surface area contributed by atoms with Crippen LogP contribution >= 0.6 is 11.3 Å². The number of carbonyl (C=O) groups is 1. The normalized spacial score (nSPS) is 10.5. The number of nitrogens with zero attached hydrogens (tertiary/aromatic N) is 1. The zero-order valence-corrected chi connectivity index (χ0v) is 15.8. The summed E-state index contributed by atoms with van der Waals surface area (Å²) in [5.74, 6) is 0.819. The first kappa shape index (κ1) is 18.1. The van der Waals surface area contributed by atoms with Crippen molar-refractivity contribution in [2.75, 3.05) is 13.7 Å². The van der Waals surface area contributed by atoms with Gasteiger partial charge in [-0.25, -0.2) is 4.98 Å². The molecule has 0 fully saturated rings. The van der Waals surface area contributed by atoms with Gasteiger partial charge >= 0.3 is 0 Å². The van der Waals surface area contributed by atoms with Crippen LogP contribution in [0.4, 0.5) is 0 Å². The second kappa shape index (κ2) is 8.63. The van der Waals surface area contributed by atoms with Crippen molar-refractivity contribution in [1.29, 1.82) is 0 Å². The molecular weight excluding hydrogens is 344 g/mol. The third-order valence-corrected chi connectivity index (χ3v) is 5.32. The Bertz CT molecular complexity index is 875. The number of nitrogens with one attached hydrogen (secondary N) is 1. The van der Waals surface area contributed by atoms with Crippen molar-refractivity contribution in [2.24, 2.45) is 0 Å². The van der Waals surface area contributed by atoms with E-state index in [0.717, 1.165) is 33.3 Å². The first-order valence-electron chi connectivity index (χ1n) is 8.57. The van der Waals surface area contributed by atoms with E-state index in [1.54, 1.807) is 18.4 Å². The van der Waals surface area contributed by atoms with Gasteiger partial charge in [-0.1, -0.05) is 42.5 Å². The molecule has 0 bridgehead atoms. The van der Waals surface area contributed by atoms with E-state index in [2.05, 4.69) is 22.4 Å². The van der Waals surface area contributed by atoms with Crippen molar-refractivity contribution in [3.05, 3.63) is 70.7 Å². The van der Waals surface area contributed by atoms with Crippen LogP contribution in [0.15, 0.2) is 54.6 Å². The molecule has 26 heavy (non-hydrogen) atoms. The lowest BCUT2D eigenvalue weighted by molar-refractivity contribution is -0.120. The molecule has 3 rings (SSSR count). The van der Waals surface area contributed by atoms with Gasteiger partial charge < -0.3 is 10.1 Å². The molecule has 1 N–H and O–H groups in total. The van der Waals surface area contributed by atoms with Gasteiger partial charge in [-0.3, -0.25) is 4.79 Å². The summed E-state index contributed by atoms with van der Waals surface area (Å²) in [6, 6.07) is 18.0. The van der Waals surface area contributed by atoms with Crippen LogP contribution in [0.25, 0.3) is 10.6 Å². The average molecular weight is 366 g/mol. The highest BCUT2D eigenvalue weighted by Crippen LogP contribution is 2.34. The van der Waals surface area contributed by atoms with Crippen LogP contribution in [0.1, 0.15) is 16.1 Å². The van der Waals surface area contributed by atoms with Gasteiger partial charge in [0.15, 0.2) is 0 Å². The van der Waals surface area contributed by atoms with Gasteiger partial charge in [0.2, 0.25) is 5.91 Å². The smallest absolute Gasteiger partial charge is 0.225 e. The Kier molecular flexibility index (Phi) is 6.02. The van der Waals surface area contributed by atoms with Crippen molar-refractivity contribution in [3.8, 4) is 16.3 Å². The molecule has 0 atom stereocenters. The van der Waals surface area contributed by atoms with Crippen molar-refractivity contribution in [2.45, 2.75) is 19.8 Å². The van der Waals surface area contributed by atoms with E-state index in [0.29, 0.717) is 13.0 Å².